The lowest BCUT2D eigenvalue weighted by molar-refractivity contribution is 0.240. The van der Waals surface area contributed by atoms with Crippen LogP contribution in [-0.2, 0) is 18.9 Å². The van der Waals surface area contributed by atoms with Crippen LogP contribution in [0.25, 0.3) is 0 Å². The standard InChI is InChI=1S/C16H23N3O2S/c1-4-9-19-15(10-20)17-18-16(19)22-11-13-7-5-6-8-14(13)21-12(2)3/h5-8,12,20H,4,9-11H2,1-3H3. The van der Waals surface area contributed by atoms with Crippen molar-refractivity contribution in [1.29, 1.82) is 0 Å². The average molecular weight is 321 g/mol. The minimum Gasteiger partial charge on any atom is -0.491 e. The maximum absolute atomic E-state index is 9.33. The molecule has 5 nitrogen and oxygen atoms in total. The number of aliphatic hydroxyl groups is 1. The van der Waals surface area contributed by atoms with Gasteiger partial charge in [0.1, 0.15) is 12.4 Å². The van der Waals surface area contributed by atoms with E-state index in [0.29, 0.717) is 5.82 Å². The van der Waals surface area contributed by atoms with Gasteiger partial charge < -0.3 is 14.4 Å². The van der Waals surface area contributed by atoms with Gasteiger partial charge in [-0.15, -0.1) is 10.2 Å². The topological polar surface area (TPSA) is 60.2 Å². The second-order valence-corrected chi connectivity index (χ2v) is 6.21. The third kappa shape index (κ3) is 4.24. The predicted octanol–water partition coefficient (Wildman–Crippen LogP) is 3.26. The van der Waals surface area contributed by atoms with E-state index in [1.54, 1.807) is 11.8 Å². The summed E-state index contributed by atoms with van der Waals surface area (Å²) in [6.45, 7) is 6.88. The van der Waals surface area contributed by atoms with Crippen LogP contribution in [0.2, 0.25) is 0 Å². The summed E-state index contributed by atoms with van der Waals surface area (Å²) in [4.78, 5) is 0. The molecule has 0 amide bonds. The van der Waals surface area contributed by atoms with Crippen molar-refractivity contribution in [3.63, 3.8) is 0 Å². The Labute approximate surface area is 135 Å². The molecule has 6 heteroatoms. The fourth-order valence-electron chi connectivity index (χ4n) is 2.13. The number of hydrogen-bond donors (Lipinski definition) is 1. The Hall–Kier alpha value is -1.53. The molecule has 0 saturated carbocycles. The van der Waals surface area contributed by atoms with E-state index in [0.717, 1.165) is 35.2 Å². The smallest absolute Gasteiger partial charge is 0.191 e. The van der Waals surface area contributed by atoms with Gasteiger partial charge in [-0.05, 0) is 26.3 Å². The van der Waals surface area contributed by atoms with E-state index in [-0.39, 0.29) is 12.7 Å². The maximum atomic E-state index is 9.33. The number of para-hydroxylation sites is 1. The van der Waals surface area contributed by atoms with E-state index in [2.05, 4.69) is 23.2 Å². The highest BCUT2D eigenvalue weighted by molar-refractivity contribution is 7.98. The second-order valence-electron chi connectivity index (χ2n) is 5.27. The first-order chi connectivity index (χ1) is 10.7. The molecule has 0 fully saturated rings. The molecule has 2 aromatic rings. The van der Waals surface area contributed by atoms with Crippen molar-refractivity contribution in [3.8, 4) is 5.75 Å². The molecule has 0 atom stereocenters. The molecule has 0 spiro atoms. The third-order valence-corrected chi connectivity index (χ3v) is 4.09. The number of nitrogens with zero attached hydrogens (tertiary/aromatic N) is 3. The van der Waals surface area contributed by atoms with E-state index >= 15 is 0 Å². The van der Waals surface area contributed by atoms with Gasteiger partial charge in [-0.3, -0.25) is 0 Å². The van der Waals surface area contributed by atoms with Gasteiger partial charge in [-0.25, -0.2) is 0 Å². The minimum atomic E-state index is -0.0827. The molecule has 0 radical (unpaired) electrons. The Bertz CT molecular complexity index is 599. The molecule has 2 rings (SSSR count). The lowest BCUT2D eigenvalue weighted by atomic mass is 10.2. The summed E-state index contributed by atoms with van der Waals surface area (Å²) in [5, 5.41) is 18.4. The van der Waals surface area contributed by atoms with Gasteiger partial charge >= 0.3 is 0 Å². The number of aliphatic hydroxyl groups excluding tert-OH is 1. The van der Waals surface area contributed by atoms with E-state index in [9.17, 15) is 5.11 Å². The normalized spacial score (nSPS) is 11.1. The second kappa shape index (κ2) is 8.19. The van der Waals surface area contributed by atoms with Crippen LogP contribution in [0.4, 0.5) is 0 Å². The largest absolute Gasteiger partial charge is 0.491 e. The minimum absolute atomic E-state index is 0.0827. The highest BCUT2D eigenvalue weighted by Gasteiger charge is 2.13. The monoisotopic (exact) mass is 321 g/mol. The van der Waals surface area contributed by atoms with Crippen LogP contribution in [0.1, 0.15) is 38.6 Å². The summed E-state index contributed by atoms with van der Waals surface area (Å²) in [5.74, 6) is 2.29. The van der Waals surface area contributed by atoms with Crippen LogP contribution in [0.3, 0.4) is 0 Å². The van der Waals surface area contributed by atoms with Crippen LogP contribution in [0.15, 0.2) is 29.4 Å². The Morgan fingerprint density at radius 1 is 1.27 bits per heavy atom. The van der Waals surface area contributed by atoms with E-state index < -0.39 is 0 Å². The number of hydrogen-bond acceptors (Lipinski definition) is 5. The van der Waals surface area contributed by atoms with Crippen LogP contribution in [-0.4, -0.2) is 26.0 Å². The molecule has 0 unspecified atom stereocenters. The molecule has 120 valence electrons. The molecule has 0 aliphatic carbocycles. The molecule has 0 bridgehead atoms. The quantitative estimate of drug-likeness (QED) is 0.756. The number of ether oxygens (including phenoxy) is 1. The highest BCUT2D eigenvalue weighted by Crippen LogP contribution is 2.28. The van der Waals surface area contributed by atoms with Crippen LogP contribution in [0, 0.1) is 0 Å². The Morgan fingerprint density at radius 3 is 2.73 bits per heavy atom. The van der Waals surface area contributed by atoms with Crippen molar-refractivity contribution in [2.24, 2.45) is 0 Å². The molecular weight excluding hydrogens is 298 g/mol. The molecule has 1 N–H and O–H groups in total. The lowest BCUT2D eigenvalue weighted by Gasteiger charge is -2.14. The van der Waals surface area contributed by atoms with Gasteiger partial charge in [0.05, 0.1) is 6.10 Å². The number of benzene rings is 1. The number of thioether (sulfide) groups is 1. The SMILES string of the molecule is CCCn1c(CO)nnc1SCc1ccccc1OC(C)C. The van der Waals surface area contributed by atoms with Crippen molar-refractivity contribution >= 4 is 11.8 Å². The maximum Gasteiger partial charge on any atom is 0.191 e. The number of rotatable bonds is 8. The molecule has 1 aromatic heterocycles. The summed E-state index contributed by atoms with van der Waals surface area (Å²) in [5.41, 5.74) is 1.14. The van der Waals surface area contributed by atoms with Gasteiger partial charge in [-0.2, -0.15) is 0 Å². The fourth-order valence-corrected chi connectivity index (χ4v) is 3.10. The van der Waals surface area contributed by atoms with Gasteiger partial charge in [0.15, 0.2) is 11.0 Å². The molecular formula is C16H23N3O2S. The van der Waals surface area contributed by atoms with Crippen LogP contribution in [0.5, 0.6) is 5.75 Å². The van der Waals surface area contributed by atoms with Crippen molar-refractivity contribution in [2.75, 3.05) is 0 Å². The predicted molar refractivity (Wildman–Crippen MR) is 88.0 cm³/mol. The third-order valence-electron chi connectivity index (χ3n) is 3.07. The summed E-state index contributed by atoms with van der Waals surface area (Å²) in [7, 11) is 0. The zero-order valence-corrected chi connectivity index (χ0v) is 14.1. The number of aromatic nitrogens is 3. The van der Waals surface area contributed by atoms with Crippen molar-refractivity contribution in [1.82, 2.24) is 14.8 Å². The molecule has 1 aromatic carbocycles. The van der Waals surface area contributed by atoms with Gasteiger partial charge in [0, 0.05) is 17.9 Å². The molecule has 22 heavy (non-hydrogen) atoms. The summed E-state index contributed by atoms with van der Waals surface area (Å²) >= 11 is 1.62. The first-order valence-corrected chi connectivity index (χ1v) is 8.54. The molecule has 0 saturated heterocycles. The van der Waals surface area contributed by atoms with E-state index in [1.807, 2.05) is 36.6 Å². The summed E-state index contributed by atoms with van der Waals surface area (Å²) in [6.07, 6.45) is 1.13. The fraction of sp³-hybridized carbons (Fsp3) is 0.500. The first-order valence-electron chi connectivity index (χ1n) is 7.56. The zero-order valence-electron chi connectivity index (χ0n) is 13.3. The Balaban J connectivity index is 2.12. The highest BCUT2D eigenvalue weighted by atomic mass is 32.2. The van der Waals surface area contributed by atoms with Crippen molar-refractivity contribution in [3.05, 3.63) is 35.7 Å². The van der Waals surface area contributed by atoms with Crippen molar-refractivity contribution in [2.45, 2.75) is 57.4 Å². The molecule has 0 aliphatic rings. The van der Waals surface area contributed by atoms with Gasteiger partial charge in [0.2, 0.25) is 0 Å². The Morgan fingerprint density at radius 2 is 2.05 bits per heavy atom. The summed E-state index contributed by atoms with van der Waals surface area (Å²) < 4.78 is 7.82. The Kier molecular flexibility index (Phi) is 6.27. The molecule has 1 heterocycles. The van der Waals surface area contributed by atoms with E-state index in [1.165, 1.54) is 0 Å². The lowest BCUT2D eigenvalue weighted by Crippen LogP contribution is -2.07. The van der Waals surface area contributed by atoms with Gasteiger partial charge in [0.25, 0.3) is 0 Å². The van der Waals surface area contributed by atoms with E-state index in [4.69, 9.17) is 4.74 Å². The summed E-state index contributed by atoms with van der Waals surface area (Å²) in [6, 6.07) is 8.05. The first kappa shape index (κ1) is 16.8. The van der Waals surface area contributed by atoms with Crippen LogP contribution >= 0.6 is 11.8 Å². The molecule has 0 aliphatic heterocycles. The van der Waals surface area contributed by atoms with Crippen molar-refractivity contribution < 1.29 is 9.84 Å². The van der Waals surface area contributed by atoms with Gasteiger partial charge in [-0.1, -0.05) is 36.9 Å². The average Bonchev–Trinajstić information content (AvgIpc) is 2.88. The van der Waals surface area contributed by atoms with Crippen LogP contribution < -0.4 is 4.74 Å². The zero-order chi connectivity index (χ0) is 15.9.